The van der Waals surface area contributed by atoms with Gasteiger partial charge in [0.25, 0.3) is 5.91 Å². The highest BCUT2D eigenvalue weighted by atomic mass is 79.9. The molecule has 8 heteroatoms. The second kappa shape index (κ2) is 12.7. The number of nitrogens with one attached hydrogen (secondary N) is 1. The average molecular weight is 598 g/mol. The molecule has 2 amide bonds. The maximum atomic E-state index is 13.4. The zero-order valence-corrected chi connectivity index (χ0v) is 24.5. The number of carbonyl (C=O) groups is 2. The largest absolute Gasteiger partial charge is 0.483 e. The van der Waals surface area contributed by atoms with E-state index in [-0.39, 0.29) is 36.4 Å². The van der Waals surface area contributed by atoms with Gasteiger partial charge >= 0.3 is 0 Å². The molecule has 0 aromatic heterocycles. The van der Waals surface area contributed by atoms with E-state index in [9.17, 15) is 9.59 Å². The van der Waals surface area contributed by atoms with Gasteiger partial charge in [0.1, 0.15) is 11.8 Å². The molecular weight excluding hydrogens is 563 g/mol. The summed E-state index contributed by atoms with van der Waals surface area (Å²) in [6.45, 7) is 8.12. The number of benzene rings is 2. The van der Waals surface area contributed by atoms with Crippen molar-refractivity contribution in [2.75, 3.05) is 6.61 Å². The maximum Gasteiger partial charge on any atom is 0.261 e. The van der Waals surface area contributed by atoms with Crippen LogP contribution in [0.5, 0.6) is 5.75 Å². The summed E-state index contributed by atoms with van der Waals surface area (Å²) in [4.78, 5) is 28.1. The third-order valence-corrected chi connectivity index (χ3v) is 7.83. The molecule has 0 saturated heterocycles. The Kier molecular flexibility index (Phi) is 10.1. The highest BCUT2D eigenvalue weighted by Gasteiger charge is 2.29. The standard InChI is InChI=1S/C28H35BrCl2N2O3/c1-18(27(35)32-22-8-6-5-7-9-22)33(16-19-10-12-21(30)15-24(19)31)26(34)17-36-25-13-11-20(14-23(25)29)28(2,3)4/h10-15,18,22H,5-9,16-17H2,1-4H3,(H,32,35)/t18-/m1/s1. The molecule has 3 rings (SSSR count). The topological polar surface area (TPSA) is 58.6 Å². The molecule has 0 unspecified atom stereocenters. The van der Waals surface area contributed by atoms with E-state index in [0.717, 1.165) is 35.7 Å². The molecule has 1 fully saturated rings. The van der Waals surface area contributed by atoms with Crippen LogP contribution in [0.25, 0.3) is 0 Å². The van der Waals surface area contributed by atoms with Gasteiger partial charge in [-0.3, -0.25) is 9.59 Å². The third kappa shape index (κ3) is 7.87. The van der Waals surface area contributed by atoms with Gasteiger partial charge in [0, 0.05) is 22.6 Å². The minimum atomic E-state index is -0.693. The normalized spacial score (nSPS) is 15.3. The lowest BCUT2D eigenvalue weighted by Crippen LogP contribution is -2.51. The van der Waals surface area contributed by atoms with Crippen molar-refractivity contribution in [2.45, 2.75) is 83.8 Å². The molecule has 1 aliphatic rings. The van der Waals surface area contributed by atoms with E-state index in [1.54, 1.807) is 25.1 Å². The molecular formula is C28H35BrCl2N2O3. The van der Waals surface area contributed by atoms with Gasteiger partial charge in [-0.2, -0.15) is 0 Å². The lowest BCUT2D eigenvalue weighted by atomic mass is 9.87. The Morgan fingerprint density at radius 2 is 1.81 bits per heavy atom. The molecule has 0 heterocycles. The van der Waals surface area contributed by atoms with Crippen molar-refractivity contribution < 1.29 is 14.3 Å². The molecule has 1 saturated carbocycles. The lowest BCUT2D eigenvalue weighted by molar-refractivity contribution is -0.142. The molecule has 2 aromatic rings. The minimum absolute atomic E-state index is 0.00730. The summed E-state index contributed by atoms with van der Waals surface area (Å²) in [6.07, 6.45) is 5.36. The average Bonchev–Trinajstić information content (AvgIpc) is 2.82. The smallest absolute Gasteiger partial charge is 0.261 e. The Hall–Kier alpha value is -1.76. The summed E-state index contributed by atoms with van der Waals surface area (Å²) < 4.78 is 6.67. The van der Waals surface area contributed by atoms with Crippen LogP contribution in [0.3, 0.4) is 0 Å². The highest BCUT2D eigenvalue weighted by molar-refractivity contribution is 9.10. The van der Waals surface area contributed by atoms with Crippen molar-refractivity contribution in [1.82, 2.24) is 10.2 Å². The second-order valence-corrected chi connectivity index (χ2v) is 12.2. The van der Waals surface area contributed by atoms with Gasteiger partial charge in [0.15, 0.2) is 6.61 Å². The first kappa shape index (κ1) is 28.8. The monoisotopic (exact) mass is 596 g/mol. The van der Waals surface area contributed by atoms with Crippen LogP contribution in [0.15, 0.2) is 40.9 Å². The van der Waals surface area contributed by atoms with E-state index in [1.165, 1.54) is 11.3 Å². The van der Waals surface area contributed by atoms with Crippen molar-refractivity contribution in [2.24, 2.45) is 0 Å². The summed E-state index contributed by atoms with van der Waals surface area (Å²) in [7, 11) is 0. The van der Waals surface area contributed by atoms with Gasteiger partial charge in [-0.15, -0.1) is 0 Å². The van der Waals surface area contributed by atoms with Crippen LogP contribution in [-0.2, 0) is 21.5 Å². The zero-order valence-electron chi connectivity index (χ0n) is 21.4. The summed E-state index contributed by atoms with van der Waals surface area (Å²) in [6, 6.07) is 10.5. The van der Waals surface area contributed by atoms with E-state index in [2.05, 4.69) is 42.0 Å². The summed E-state index contributed by atoms with van der Waals surface area (Å²) in [5.41, 5.74) is 1.86. The van der Waals surface area contributed by atoms with Crippen LogP contribution in [0.4, 0.5) is 0 Å². The fraction of sp³-hybridized carbons (Fsp3) is 0.500. The van der Waals surface area contributed by atoms with Crippen molar-refractivity contribution in [1.29, 1.82) is 0 Å². The predicted octanol–water partition coefficient (Wildman–Crippen LogP) is 7.30. The van der Waals surface area contributed by atoms with Crippen molar-refractivity contribution in [3.63, 3.8) is 0 Å². The summed E-state index contributed by atoms with van der Waals surface area (Å²) in [5.74, 6) is 0.0929. The number of nitrogens with zero attached hydrogens (tertiary/aromatic N) is 1. The number of ether oxygens (including phenoxy) is 1. The van der Waals surface area contributed by atoms with Crippen molar-refractivity contribution in [3.8, 4) is 5.75 Å². The van der Waals surface area contributed by atoms with Gasteiger partial charge in [-0.1, -0.05) is 75.4 Å². The number of rotatable bonds is 8. The van der Waals surface area contributed by atoms with Crippen LogP contribution < -0.4 is 10.1 Å². The number of halogens is 3. The first-order chi connectivity index (χ1) is 17.0. The fourth-order valence-corrected chi connectivity index (χ4v) is 5.25. The van der Waals surface area contributed by atoms with Gasteiger partial charge in [-0.05, 0) is 76.5 Å². The molecule has 1 N–H and O–H groups in total. The van der Waals surface area contributed by atoms with Gasteiger partial charge in [-0.25, -0.2) is 0 Å². The number of hydrogen-bond acceptors (Lipinski definition) is 3. The maximum absolute atomic E-state index is 13.4. The fourth-order valence-electron chi connectivity index (χ4n) is 4.29. The first-order valence-electron chi connectivity index (χ1n) is 12.4. The van der Waals surface area contributed by atoms with Crippen LogP contribution in [-0.4, -0.2) is 35.4 Å². The van der Waals surface area contributed by atoms with Crippen LogP contribution in [0.2, 0.25) is 10.0 Å². The van der Waals surface area contributed by atoms with E-state index in [1.807, 2.05) is 18.2 Å². The van der Waals surface area contributed by atoms with E-state index >= 15 is 0 Å². The molecule has 1 atom stereocenters. The lowest BCUT2D eigenvalue weighted by Gasteiger charge is -2.31. The molecule has 1 aliphatic carbocycles. The molecule has 5 nitrogen and oxygen atoms in total. The van der Waals surface area contributed by atoms with Gasteiger partial charge in [0.05, 0.1) is 4.47 Å². The van der Waals surface area contributed by atoms with E-state index < -0.39 is 6.04 Å². The molecule has 196 valence electrons. The Balaban J connectivity index is 1.76. The Morgan fingerprint density at radius 1 is 1.11 bits per heavy atom. The number of amides is 2. The summed E-state index contributed by atoms with van der Waals surface area (Å²) in [5, 5.41) is 4.09. The second-order valence-electron chi connectivity index (χ2n) is 10.5. The Morgan fingerprint density at radius 3 is 2.42 bits per heavy atom. The van der Waals surface area contributed by atoms with Crippen molar-refractivity contribution in [3.05, 3.63) is 62.0 Å². The van der Waals surface area contributed by atoms with Gasteiger partial charge in [0.2, 0.25) is 5.91 Å². The van der Waals surface area contributed by atoms with Crippen LogP contribution >= 0.6 is 39.1 Å². The molecule has 0 spiro atoms. The Labute approximate surface area is 233 Å². The molecule has 36 heavy (non-hydrogen) atoms. The van der Waals surface area contributed by atoms with Crippen LogP contribution in [0, 0.1) is 0 Å². The predicted molar refractivity (Wildman–Crippen MR) is 150 cm³/mol. The van der Waals surface area contributed by atoms with Crippen molar-refractivity contribution >= 4 is 50.9 Å². The number of carbonyl (C=O) groups excluding carboxylic acids is 2. The summed E-state index contributed by atoms with van der Waals surface area (Å²) >= 11 is 16.0. The zero-order chi connectivity index (χ0) is 26.5. The Bertz CT molecular complexity index is 1080. The molecule has 0 aliphatic heterocycles. The molecule has 0 radical (unpaired) electrons. The first-order valence-corrected chi connectivity index (χ1v) is 14.0. The van der Waals surface area contributed by atoms with E-state index in [4.69, 9.17) is 27.9 Å². The minimum Gasteiger partial charge on any atom is -0.483 e. The SMILES string of the molecule is C[C@H](C(=O)NC1CCCCC1)N(Cc1ccc(Cl)cc1Cl)C(=O)COc1ccc(C(C)(C)C)cc1Br. The quantitative estimate of drug-likeness (QED) is 0.347. The molecule has 2 aromatic carbocycles. The number of hydrogen-bond donors (Lipinski definition) is 1. The molecule has 0 bridgehead atoms. The van der Waals surface area contributed by atoms with Crippen LogP contribution in [0.1, 0.15) is 70.9 Å². The van der Waals surface area contributed by atoms with E-state index in [0.29, 0.717) is 21.4 Å². The third-order valence-electron chi connectivity index (χ3n) is 6.62. The van der Waals surface area contributed by atoms with Gasteiger partial charge < -0.3 is 15.0 Å². The highest BCUT2D eigenvalue weighted by Crippen LogP contribution is 2.32.